The van der Waals surface area contributed by atoms with Gasteiger partial charge in [-0.3, -0.25) is 9.59 Å². The standard InChI is InChI=1S/C12H9ClFN3O2/c1-6(18)8-5-16-17(2)12(19)9(8)7-3-4-15-11(13)10(7)14/h3-5H,1-2H3. The number of carbonyl (C=O) groups is 1. The normalized spacial score (nSPS) is 10.5. The second-order valence-electron chi connectivity index (χ2n) is 3.88. The Balaban J connectivity index is 2.88. The molecule has 5 nitrogen and oxygen atoms in total. The summed E-state index contributed by atoms with van der Waals surface area (Å²) in [5.74, 6) is -1.22. The molecule has 0 N–H and O–H groups in total. The van der Waals surface area contributed by atoms with Crippen LogP contribution in [0.25, 0.3) is 11.1 Å². The average Bonchev–Trinajstić information content (AvgIpc) is 2.36. The fraction of sp³-hybridized carbons (Fsp3) is 0.167. The largest absolute Gasteiger partial charge is 0.294 e. The number of halogens is 2. The second-order valence-corrected chi connectivity index (χ2v) is 4.24. The van der Waals surface area contributed by atoms with E-state index in [1.165, 1.54) is 32.4 Å². The molecular formula is C12H9ClFN3O2. The molecule has 2 aromatic rings. The quantitative estimate of drug-likeness (QED) is 0.622. The van der Waals surface area contributed by atoms with Gasteiger partial charge < -0.3 is 0 Å². The molecule has 0 aliphatic heterocycles. The molecule has 0 saturated carbocycles. The van der Waals surface area contributed by atoms with E-state index < -0.39 is 11.4 Å². The van der Waals surface area contributed by atoms with E-state index in [-0.39, 0.29) is 27.6 Å². The highest BCUT2D eigenvalue weighted by molar-refractivity contribution is 6.29. The minimum atomic E-state index is -0.838. The van der Waals surface area contributed by atoms with E-state index in [9.17, 15) is 14.0 Å². The number of Topliss-reactive ketones (excluding diaryl/α,β-unsaturated/α-hetero) is 1. The van der Waals surface area contributed by atoms with Crippen molar-refractivity contribution in [2.75, 3.05) is 0 Å². The van der Waals surface area contributed by atoms with Gasteiger partial charge in [-0.15, -0.1) is 0 Å². The van der Waals surface area contributed by atoms with Gasteiger partial charge in [-0.25, -0.2) is 14.1 Å². The fourth-order valence-electron chi connectivity index (χ4n) is 1.68. The van der Waals surface area contributed by atoms with E-state index in [0.717, 1.165) is 4.68 Å². The molecule has 0 atom stereocenters. The first-order valence-corrected chi connectivity index (χ1v) is 5.69. The van der Waals surface area contributed by atoms with Crippen LogP contribution < -0.4 is 5.56 Å². The van der Waals surface area contributed by atoms with Crippen LogP contribution in [0.5, 0.6) is 0 Å². The number of aryl methyl sites for hydroxylation is 1. The molecule has 2 rings (SSSR count). The van der Waals surface area contributed by atoms with Crippen molar-refractivity contribution in [1.82, 2.24) is 14.8 Å². The second kappa shape index (κ2) is 4.89. The molecule has 0 radical (unpaired) electrons. The zero-order valence-corrected chi connectivity index (χ0v) is 10.9. The predicted molar refractivity (Wildman–Crippen MR) is 67.7 cm³/mol. The van der Waals surface area contributed by atoms with E-state index >= 15 is 0 Å². The number of hydrogen-bond acceptors (Lipinski definition) is 4. The highest BCUT2D eigenvalue weighted by Crippen LogP contribution is 2.26. The maximum Gasteiger partial charge on any atom is 0.275 e. The lowest BCUT2D eigenvalue weighted by Gasteiger charge is -2.09. The number of hydrogen-bond donors (Lipinski definition) is 0. The van der Waals surface area contributed by atoms with E-state index in [0.29, 0.717) is 0 Å². The van der Waals surface area contributed by atoms with Crippen LogP contribution in [0.15, 0.2) is 23.3 Å². The van der Waals surface area contributed by atoms with Crippen molar-refractivity contribution in [2.24, 2.45) is 7.05 Å². The fourth-order valence-corrected chi connectivity index (χ4v) is 1.83. The molecule has 2 heterocycles. The Morgan fingerprint density at radius 3 is 2.79 bits per heavy atom. The van der Waals surface area contributed by atoms with Gasteiger partial charge in [0.05, 0.1) is 17.3 Å². The number of rotatable bonds is 2. The molecule has 2 aromatic heterocycles. The average molecular weight is 282 g/mol. The molecule has 0 amide bonds. The SMILES string of the molecule is CC(=O)c1cnn(C)c(=O)c1-c1ccnc(Cl)c1F. The van der Waals surface area contributed by atoms with E-state index in [4.69, 9.17) is 11.6 Å². The Hall–Kier alpha value is -2.08. The highest BCUT2D eigenvalue weighted by Gasteiger charge is 2.20. The molecule has 19 heavy (non-hydrogen) atoms. The summed E-state index contributed by atoms with van der Waals surface area (Å²) >= 11 is 5.59. The van der Waals surface area contributed by atoms with Crippen molar-refractivity contribution in [2.45, 2.75) is 6.92 Å². The summed E-state index contributed by atoms with van der Waals surface area (Å²) in [6.45, 7) is 1.28. The van der Waals surface area contributed by atoms with E-state index in [1.807, 2.05) is 0 Å². The number of aromatic nitrogens is 3. The molecule has 0 saturated heterocycles. The Labute approximate surface area is 112 Å². The van der Waals surface area contributed by atoms with Crippen molar-refractivity contribution in [3.63, 3.8) is 0 Å². The Morgan fingerprint density at radius 2 is 2.16 bits per heavy atom. The van der Waals surface area contributed by atoms with Crippen LogP contribution in [0, 0.1) is 5.82 Å². The van der Waals surface area contributed by atoms with Crippen LogP contribution in [-0.4, -0.2) is 20.5 Å². The van der Waals surface area contributed by atoms with Gasteiger partial charge in [0.25, 0.3) is 5.56 Å². The smallest absolute Gasteiger partial charge is 0.275 e. The van der Waals surface area contributed by atoms with Crippen molar-refractivity contribution >= 4 is 17.4 Å². The molecule has 0 spiro atoms. The summed E-state index contributed by atoms with van der Waals surface area (Å²) in [6, 6.07) is 1.30. The van der Waals surface area contributed by atoms with E-state index in [1.54, 1.807) is 0 Å². The lowest BCUT2D eigenvalue weighted by atomic mass is 10.0. The van der Waals surface area contributed by atoms with Crippen LogP contribution in [0.4, 0.5) is 4.39 Å². The van der Waals surface area contributed by atoms with Gasteiger partial charge in [0, 0.05) is 18.8 Å². The predicted octanol–water partition coefficient (Wildman–Crippen LogP) is 1.84. The molecule has 0 aromatic carbocycles. The third-order valence-corrected chi connectivity index (χ3v) is 2.90. The minimum Gasteiger partial charge on any atom is -0.294 e. The number of carbonyl (C=O) groups excluding carboxylic acids is 1. The molecule has 0 fully saturated rings. The van der Waals surface area contributed by atoms with Crippen LogP contribution in [0.2, 0.25) is 5.15 Å². The highest BCUT2D eigenvalue weighted by atomic mass is 35.5. The molecule has 0 unspecified atom stereocenters. The summed E-state index contributed by atoms with van der Waals surface area (Å²) in [4.78, 5) is 27.2. The van der Waals surface area contributed by atoms with Crippen molar-refractivity contribution in [3.05, 3.63) is 45.3 Å². The van der Waals surface area contributed by atoms with Gasteiger partial charge in [0.15, 0.2) is 16.8 Å². The summed E-state index contributed by atoms with van der Waals surface area (Å²) in [6.07, 6.45) is 2.50. The van der Waals surface area contributed by atoms with Gasteiger partial charge >= 0.3 is 0 Å². The van der Waals surface area contributed by atoms with Crippen molar-refractivity contribution in [3.8, 4) is 11.1 Å². The third-order valence-electron chi connectivity index (χ3n) is 2.63. The third kappa shape index (κ3) is 2.26. The molecule has 7 heteroatoms. The van der Waals surface area contributed by atoms with Crippen molar-refractivity contribution < 1.29 is 9.18 Å². The Kier molecular flexibility index (Phi) is 3.44. The zero-order valence-electron chi connectivity index (χ0n) is 10.1. The first-order chi connectivity index (χ1) is 8.93. The van der Waals surface area contributed by atoms with Crippen LogP contribution in [-0.2, 0) is 7.05 Å². The topological polar surface area (TPSA) is 64.8 Å². The van der Waals surface area contributed by atoms with Gasteiger partial charge in [0.2, 0.25) is 0 Å². The monoisotopic (exact) mass is 281 g/mol. The number of nitrogens with zero attached hydrogens (tertiary/aromatic N) is 3. The van der Waals surface area contributed by atoms with Crippen LogP contribution in [0.1, 0.15) is 17.3 Å². The molecule has 0 aliphatic carbocycles. The summed E-state index contributed by atoms with van der Waals surface area (Å²) < 4.78 is 15.0. The first-order valence-electron chi connectivity index (χ1n) is 5.31. The Morgan fingerprint density at radius 1 is 1.47 bits per heavy atom. The molecule has 98 valence electrons. The van der Waals surface area contributed by atoms with Gasteiger partial charge in [-0.2, -0.15) is 5.10 Å². The Bertz CT molecular complexity index is 727. The summed E-state index contributed by atoms with van der Waals surface area (Å²) in [5.41, 5.74) is -0.655. The number of pyridine rings is 1. The number of ketones is 1. The summed E-state index contributed by atoms with van der Waals surface area (Å²) in [5, 5.41) is 3.39. The maximum absolute atomic E-state index is 14.0. The minimum absolute atomic E-state index is 0.0456. The molecule has 0 bridgehead atoms. The van der Waals surface area contributed by atoms with Gasteiger partial charge in [-0.05, 0) is 13.0 Å². The molecular weight excluding hydrogens is 273 g/mol. The first kappa shape index (κ1) is 13.4. The van der Waals surface area contributed by atoms with Crippen LogP contribution in [0.3, 0.4) is 0 Å². The lowest BCUT2D eigenvalue weighted by Crippen LogP contribution is -2.24. The van der Waals surface area contributed by atoms with Gasteiger partial charge in [0.1, 0.15) is 0 Å². The maximum atomic E-state index is 14.0. The van der Waals surface area contributed by atoms with E-state index in [2.05, 4.69) is 10.1 Å². The van der Waals surface area contributed by atoms with Gasteiger partial charge in [-0.1, -0.05) is 11.6 Å². The molecule has 0 aliphatic rings. The van der Waals surface area contributed by atoms with Crippen LogP contribution >= 0.6 is 11.6 Å². The lowest BCUT2D eigenvalue weighted by molar-refractivity contribution is 0.101. The zero-order chi connectivity index (χ0) is 14.2. The summed E-state index contributed by atoms with van der Waals surface area (Å²) in [7, 11) is 1.41. The van der Waals surface area contributed by atoms with Crippen molar-refractivity contribution in [1.29, 1.82) is 0 Å².